The Balaban J connectivity index is 3.24. The molecule has 0 aliphatic heterocycles. The summed E-state index contributed by atoms with van der Waals surface area (Å²) in [7, 11) is 0. The van der Waals surface area contributed by atoms with Crippen LogP contribution in [0, 0.1) is 0 Å². The number of allylic oxidation sites excluding steroid dienone is 6. The minimum Gasteiger partial charge on any atom is -0.481 e. The Morgan fingerprint density at radius 3 is 1.25 bits per heavy atom. The minimum absolute atomic E-state index is 0.325. The van der Waals surface area contributed by atoms with Crippen molar-refractivity contribution in [2.75, 3.05) is 0 Å². The maximum absolute atomic E-state index is 10.4. The molecule has 2 nitrogen and oxygen atoms in total. The average Bonchev–Trinajstić information content (AvgIpc) is 2.78. The zero-order chi connectivity index (χ0) is 23.4. The van der Waals surface area contributed by atoms with E-state index in [1.165, 1.54) is 109 Å². The van der Waals surface area contributed by atoms with Crippen molar-refractivity contribution in [1.82, 2.24) is 0 Å². The topological polar surface area (TPSA) is 37.3 Å². The molecule has 0 atom stereocenters. The van der Waals surface area contributed by atoms with Crippen LogP contribution in [0.4, 0.5) is 0 Å². The molecule has 0 spiro atoms. The van der Waals surface area contributed by atoms with Gasteiger partial charge in [0.15, 0.2) is 0 Å². The van der Waals surface area contributed by atoms with E-state index in [0.29, 0.717) is 6.42 Å². The molecule has 0 aromatic rings. The second-order valence-electron chi connectivity index (χ2n) is 9.26. The quantitative estimate of drug-likeness (QED) is 0.112. The maximum Gasteiger partial charge on any atom is 0.303 e. The van der Waals surface area contributed by atoms with Crippen LogP contribution in [0.15, 0.2) is 36.5 Å². The highest BCUT2D eigenvalue weighted by molar-refractivity contribution is 5.66. The summed E-state index contributed by atoms with van der Waals surface area (Å²) in [5, 5.41) is 8.59. The zero-order valence-corrected chi connectivity index (χ0v) is 21.4. The van der Waals surface area contributed by atoms with Gasteiger partial charge in [0.1, 0.15) is 0 Å². The van der Waals surface area contributed by atoms with Gasteiger partial charge in [-0.05, 0) is 44.9 Å². The van der Waals surface area contributed by atoms with Gasteiger partial charge in [-0.1, -0.05) is 133 Å². The third kappa shape index (κ3) is 28.7. The molecular formula is C30H54O2. The number of rotatable bonds is 25. The van der Waals surface area contributed by atoms with Crippen molar-refractivity contribution in [3.8, 4) is 0 Å². The maximum atomic E-state index is 10.4. The number of hydrogen-bond acceptors (Lipinski definition) is 1. The molecule has 0 fully saturated rings. The molecule has 0 unspecified atom stereocenters. The minimum atomic E-state index is -0.667. The molecule has 2 heteroatoms. The predicted octanol–water partition coefficient (Wildman–Crippen LogP) is 10.3. The van der Waals surface area contributed by atoms with E-state index in [1.54, 1.807) is 0 Å². The summed E-state index contributed by atoms with van der Waals surface area (Å²) in [6.07, 6.45) is 41.0. The lowest BCUT2D eigenvalue weighted by molar-refractivity contribution is -0.137. The van der Waals surface area contributed by atoms with Gasteiger partial charge in [-0.3, -0.25) is 4.79 Å². The van der Waals surface area contributed by atoms with E-state index in [1.807, 2.05) is 0 Å². The van der Waals surface area contributed by atoms with Crippen molar-refractivity contribution in [2.24, 2.45) is 0 Å². The van der Waals surface area contributed by atoms with Crippen LogP contribution in [0.5, 0.6) is 0 Å². The van der Waals surface area contributed by atoms with Crippen LogP contribution in [-0.4, -0.2) is 11.1 Å². The fourth-order valence-corrected chi connectivity index (χ4v) is 3.95. The van der Waals surface area contributed by atoms with Crippen molar-refractivity contribution >= 4 is 5.97 Å². The first-order valence-corrected chi connectivity index (χ1v) is 13.9. The summed E-state index contributed by atoms with van der Waals surface area (Å²) in [5.41, 5.74) is 0. The molecule has 32 heavy (non-hydrogen) atoms. The van der Waals surface area contributed by atoms with Crippen LogP contribution >= 0.6 is 0 Å². The standard InChI is InChI=1S/C30H54O2/c1-2-3-4-5-6-7-8-9-10-11-12-13-14-15-16-17-18-19-20-21-22-23-24-25-26-27-28-29-30(31)32/h14-15,17-18,20-21H,2-13,16,19,22-29H2,1H3,(H,31,32). The van der Waals surface area contributed by atoms with Crippen molar-refractivity contribution < 1.29 is 9.90 Å². The number of carbonyl (C=O) groups is 1. The average molecular weight is 447 g/mol. The van der Waals surface area contributed by atoms with E-state index in [-0.39, 0.29) is 0 Å². The van der Waals surface area contributed by atoms with Gasteiger partial charge in [-0.2, -0.15) is 0 Å². The van der Waals surface area contributed by atoms with E-state index in [4.69, 9.17) is 5.11 Å². The molecule has 0 rings (SSSR count). The normalized spacial score (nSPS) is 12.0. The van der Waals surface area contributed by atoms with Gasteiger partial charge in [0.05, 0.1) is 0 Å². The first kappa shape index (κ1) is 30.7. The van der Waals surface area contributed by atoms with Crippen LogP contribution in [0.25, 0.3) is 0 Å². The molecular weight excluding hydrogens is 392 g/mol. The molecule has 0 amide bonds. The van der Waals surface area contributed by atoms with Gasteiger partial charge in [0.25, 0.3) is 0 Å². The van der Waals surface area contributed by atoms with Crippen molar-refractivity contribution in [3.05, 3.63) is 36.5 Å². The second-order valence-corrected chi connectivity index (χ2v) is 9.26. The van der Waals surface area contributed by atoms with E-state index in [0.717, 1.165) is 25.7 Å². The summed E-state index contributed by atoms with van der Waals surface area (Å²) in [6.45, 7) is 2.29. The Morgan fingerprint density at radius 1 is 0.500 bits per heavy atom. The third-order valence-electron chi connectivity index (χ3n) is 6.03. The summed E-state index contributed by atoms with van der Waals surface area (Å²) >= 11 is 0. The highest BCUT2D eigenvalue weighted by atomic mass is 16.4. The van der Waals surface area contributed by atoms with Gasteiger partial charge in [-0.25, -0.2) is 0 Å². The number of carboxylic acid groups (broad SMARTS) is 1. The molecule has 1 N–H and O–H groups in total. The molecule has 0 saturated heterocycles. The van der Waals surface area contributed by atoms with E-state index < -0.39 is 5.97 Å². The van der Waals surface area contributed by atoms with Gasteiger partial charge in [0, 0.05) is 6.42 Å². The Hall–Kier alpha value is -1.31. The summed E-state index contributed by atoms with van der Waals surface area (Å²) in [4.78, 5) is 10.4. The number of carboxylic acids is 1. The highest BCUT2D eigenvalue weighted by Crippen LogP contribution is 2.12. The van der Waals surface area contributed by atoms with Crippen LogP contribution in [0.2, 0.25) is 0 Å². The van der Waals surface area contributed by atoms with Crippen molar-refractivity contribution in [1.29, 1.82) is 0 Å². The summed E-state index contributed by atoms with van der Waals surface area (Å²) in [6, 6.07) is 0. The Kier molecular flexibility index (Phi) is 26.6. The SMILES string of the molecule is CCCCCCCCCCCCCC=CCC=CCC=CCCCCCCCCC(=O)O. The monoisotopic (exact) mass is 446 g/mol. The van der Waals surface area contributed by atoms with Gasteiger partial charge in [0.2, 0.25) is 0 Å². The second kappa shape index (κ2) is 27.7. The molecule has 0 aliphatic rings. The van der Waals surface area contributed by atoms with Crippen LogP contribution in [-0.2, 0) is 4.79 Å². The molecule has 0 aliphatic carbocycles. The molecule has 0 heterocycles. The highest BCUT2D eigenvalue weighted by Gasteiger charge is 1.96. The summed E-state index contributed by atoms with van der Waals surface area (Å²) in [5.74, 6) is -0.667. The number of aliphatic carboxylic acids is 1. The first-order valence-electron chi connectivity index (χ1n) is 13.9. The Morgan fingerprint density at radius 2 is 0.844 bits per heavy atom. The van der Waals surface area contributed by atoms with Crippen LogP contribution < -0.4 is 0 Å². The van der Waals surface area contributed by atoms with E-state index in [9.17, 15) is 4.79 Å². The van der Waals surface area contributed by atoms with E-state index in [2.05, 4.69) is 43.4 Å². The van der Waals surface area contributed by atoms with E-state index >= 15 is 0 Å². The Labute approximate surface area is 200 Å². The summed E-state index contributed by atoms with van der Waals surface area (Å²) < 4.78 is 0. The van der Waals surface area contributed by atoms with Gasteiger partial charge < -0.3 is 5.11 Å². The molecule has 0 saturated carbocycles. The third-order valence-corrected chi connectivity index (χ3v) is 6.03. The van der Waals surface area contributed by atoms with Gasteiger partial charge >= 0.3 is 5.97 Å². The molecule has 0 radical (unpaired) electrons. The molecule has 186 valence electrons. The first-order chi connectivity index (χ1) is 15.8. The van der Waals surface area contributed by atoms with Crippen LogP contribution in [0.1, 0.15) is 148 Å². The fraction of sp³-hybridized carbons (Fsp3) is 0.767. The predicted molar refractivity (Wildman–Crippen MR) is 142 cm³/mol. The van der Waals surface area contributed by atoms with Crippen LogP contribution in [0.3, 0.4) is 0 Å². The molecule has 0 bridgehead atoms. The largest absolute Gasteiger partial charge is 0.481 e. The lowest BCUT2D eigenvalue weighted by atomic mass is 10.1. The lowest BCUT2D eigenvalue weighted by Crippen LogP contribution is -1.93. The number of unbranched alkanes of at least 4 members (excludes halogenated alkanes) is 17. The Bertz CT molecular complexity index is 461. The van der Waals surface area contributed by atoms with Crippen molar-refractivity contribution in [2.45, 2.75) is 148 Å². The fourth-order valence-electron chi connectivity index (χ4n) is 3.95. The van der Waals surface area contributed by atoms with Crippen molar-refractivity contribution in [3.63, 3.8) is 0 Å². The zero-order valence-electron chi connectivity index (χ0n) is 21.4. The molecule has 0 aromatic heterocycles. The molecule has 0 aromatic carbocycles. The number of hydrogen-bond donors (Lipinski definition) is 1. The lowest BCUT2D eigenvalue weighted by Gasteiger charge is -2.01. The smallest absolute Gasteiger partial charge is 0.303 e. The van der Waals surface area contributed by atoms with Gasteiger partial charge in [-0.15, -0.1) is 0 Å².